The van der Waals surface area contributed by atoms with Crippen molar-refractivity contribution in [3.05, 3.63) is 35.5 Å². The standard InChI is InChI=1S/C23H30F6N2O3/c1-20(2,33)21(6-3-18(12-21)31-17-4-7-34-8-5-17)19(32)30-13-14-9-15(22(24,25)26)11-16(10-14)23(27,28)29/h3,6,9,11,16-18,31,33H,4-5,7-8,10,12-13H2,1-2H3,(H,30,32). The van der Waals surface area contributed by atoms with Crippen molar-refractivity contribution in [2.75, 3.05) is 19.8 Å². The van der Waals surface area contributed by atoms with Crippen LogP contribution < -0.4 is 10.6 Å². The van der Waals surface area contributed by atoms with Crippen molar-refractivity contribution in [2.45, 2.75) is 69.6 Å². The molecule has 3 unspecified atom stereocenters. The fourth-order valence-corrected chi connectivity index (χ4v) is 4.69. The summed E-state index contributed by atoms with van der Waals surface area (Å²) >= 11 is 0. The van der Waals surface area contributed by atoms with E-state index >= 15 is 0 Å². The number of hydrogen-bond donors (Lipinski definition) is 3. The Morgan fingerprint density at radius 1 is 1.18 bits per heavy atom. The van der Waals surface area contributed by atoms with E-state index in [2.05, 4.69) is 10.6 Å². The van der Waals surface area contributed by atoms with Crippen LogP contribution in [0.15, 0.2) is 35.5 Å². The van der Waals surface area contributed by atoms with Crippen molar-refractivity contribution >= 4 is 5.91 Å². The van der Waals surface area contributed by atoms with Crippen LogP contribution in [0.1, 0.15) is 39.5 Å². The Morgan fingerprint density at radius 2 is 1.82 bits per heavy atom. The molecule has 11 heteroatoms. The molecule has 5 nitrogen and oxygen atoms in total. The summed E-state index contributed by atoms with van der Waals surface area (Å²) < 4.78 is 84.3. The Balaban J connectivity index is 1.71. The average molecular weight is 496 g/mol. The second-order valence-corrected chi connectivity index (χ2v) is 9.71. The van der Waals surface area contributed by atoms with Gasteiger partial charge in [-0.25, -0.2) is 0 Å². The van der Waals surface area contributed by atoms with Gasteiger partial charge in [0.1, 0.15) is 0 Å². The van der Waals surface area contributed by atoms with Gasteiger partial charge in [0.25, 0.3) is 0 Å². The number of carbonyl (C=O) groups is 1. The van der Waals surface area contributed by atoms with E-state index in [1.165, 1.54) is 13.8 Å². The smallest absolute Gasteiger partial charge is 0.389 e. The number of alkyl halides is 6. The first-order chi connectivity index (χ1) is 15.6. The zero-order chi connectivity index (χ0) is 25.4. The first-order valence-corrected chi connectivity index (χ1v) is 11.2. The number of nitrogens with one attached hydrogen (secondary N) is 2. The van der Waals surface area contributed by atoms with Gasteiger partial charge in [-0.05, 0) is 51.2 Å². The molecule has 0 saturated carbocycles. The minimum atomic E-state index is -4.94. The molecule has 3 rings (SSSR count). The Morgan fingerprint density at radius 3 is 2.38 bits per heavy atom. The second kappa shape index (κ2) is 9.66. The molecule has 3 N–H and O–H groups in total. The minimum absolute atomic E-state index is 0.177. The van der Waals surface area contributed by atoms with Crippen molar-refractivity contribution in [1.29, 1.82) is 0 Å². The number of carbonyl (C=O) groups excluding carboxylic acids is 1. The molecule has 0 aromatic carbocycles. The number of hydrogen-bond acceptors (Lipinski definition) is 4. The molecule has 0 radical (unpaired) electrons. The lowest BCUT2D eigenvalue weighted by Crippen LogP contribution is -2.54. The van der Waals surface area contributed by atoms with E-state index in [0.29, 0.717) is 19.3 Å². The molecule has 1 amide bonds. The van der Waals surface area contributed by atoms with Gasteiger partial charge in [-0.15, -0.1) is 0 Å². The average Bonchev–Trinajstić information content (AvgIpc) is 3.16. The van der Waals surface area contributed by atoms with E-state index in [0.717, 1.165) is 12.8 Å². The Labute approximate surface area is 194 Å². The van der Waals surface area contributed by atoms with Crippen LogP contribution in [0, 0.1) is 11.3 Å². The van der Waals surface area contributed by atoms with Gasteiger partial charge in [-0.1, -0.05) is 18.2 Å². The van der Waals surface area contributed by atoms with Gasteiger partial charge in [-0.2, -0.15) is 26.3 Å². The van der Waals surface area contributed by atoms with Gasteiger partial charge in [-0.3, -0.25) is 4.79 Å². The van der Waals surface area contributed by atoms with E-state index in [1.54, 1.807) is 12.2 Å². The third kappa shape index (κ3) is 6.04. The highest BCUT2D eigenvalue weighted by atomic mass is 19.4. The maximum absolute atomic E-state index is 13.2. The first kappa shape index (κ1) is 26.7. The fraction of sp³-hybridized carbons (Fsp3) is 0.696. The van der Waals surface area contributed by atoms with Gasteiger partial charge in [0, 0.05) is 31.8 Å². The van der Waals surface area contributed by atoms with Crippen LogP contribution in [-0.2, 0) is 9.53 Å². The lowest BCUT2D eigenvalue weighted by Gasteiger charge is -2.39. The first-order valence-electron chi connectivity index (χ1n) is 11.2. The highest BCUT2D eigenvalue weighted by Crippen LogP contribution is 2.43. The zero-order valence-corrected chi connectivity index (χ0v) is 19.0. The van der Waals surface area contributed by atoms with Crippen LogP contribution >= 0.6 is 0 Å². The van der Waals surface area contributed by atoms with Crippen molar-refractivity contribution < 1.29 is 41.0 Å². The summed E-state index contributed by atoms with van der Waals surface area (Å²) in [6, 6.07) is -0.0353. The summed E-state index contributed by atoms with van der Waals surface area (Å²) in [6.45, 7) is 3.67. The lowest BCUT2D eigenvalue weighted by atomic mass is 9.72. The summed E-state index contributed by atoms with van der Waals surface area (Å²) in [5, 5.41) is 16.7. The number of rotatable bonds is 6. The van der Waals surface area contributed by atoms with Crippen molar-refractivity contribution in [3.63, 3.8) is 0 Å². The normalized spacial score (nSPS) is 29.1. The van der Waals surface area contributed by atoms with E-state index in [-0.39, 0.29) is 30.2 Å². The van der Waals surface area contributed by atoms with Crippen LogP contribution in [-0.4, -0.2) is 60.8 Å². The molecular weight excluding hydrogens is 466 g/mol. The number of allylic oxidation sites excluding steroid dienone is 3. The van der Waals surface area contributed by atoms with E-state index < -0.39 is 53.7 Å². The largest absolute Gasteiger partial charge is 0.416 e. The summed E-state index contributed by atoms with van der Waals surface area (Å²) in [7, 11) is 0. The molecule has 2 aliphatic carbocycles. The Hall–Kier alpha value is -1.85. The molecule has 1 aliphatic heterocycles. The molecule has 0 aromatic heterocycles. The number of aliphatic hydroxyl groups is 1. The molecule has 1 heterocycles. The summed E-state index contributed by atoms with van der Waals surface area (Å²) in [5.41, 5.74) is -4.48. The maximum atomic E-state index is 13.2. The molecule has 3 atom stereocenters. The third-order valence-electron chi connectivity index (χ3n) is 6.77. The van der Waals surface area contributed by atoms with Crippen LogP contribution in [0.5, 0.6) is 0 Å². The predicted molar refractivity (Wildman–Crippen MR) is 113 cm³/mol. The van der Waals surface area contributed by atoms with Gasteiger partial charge < -0.3 is 20.5 Å². The lowest BCUT2D eigenvalue weighted by molar-refractivity contribution is -0.162. The summed E-state index contributed by atoms with van der Waals surface area (Å²) in [6.07, 6.45) is -4.47. The quantitative estimate of drug-likeness (QED) is 0.385. The minimum Gasteiger partial charge on any atom is -0.389 e. The molecule has 0 bridgehead atoms. The number of amides is 1. The molecule has 0 spiro atoms. The molecule has 1 saturated heterocycles. The molecule has 3 aliphatic rings. The summed E-state index contributed by atoms with van der Waals surface area (Å²) in [5.74, 6) is -2.94. The van der Waals surface area contributed by atoms with Gasteiger partial charge in [0.05, 0.1) is 22.5 Å². The Kier molecular flexibility index (Phi) is 7.60. The maximum Gasteiger partial charge on any atom is 0.416 e. The van der Waals surface area contributed by atoms with Gasteiger partial charge in [0.2, 0.25) is 5.91 Å². The molecule has 192 valence electrons. The van der Waals surface area contributed by atoms with E-state index in [9.17, 15) is 36.2 Å². The Bertz CT molecular complexity index is 850. The summed E-state index contributed by atoms with van der Waals surface area (Å²) in [4.78, 5) is 13.2. The fourth-order valence-electron chi connectivity index (χ4n) is 4.69. The molecular formula is C23H30F6N2O3. The monoisotopic (exact) mass is 496 g/mol. The topological polar surface area (TPSA) is 70.6 Å². The van der Waals surface area contributed by atoms with E-state index in [1.807, 2.05) is 0 Å². The molecule has 34 heavy (non-hydrogen) atoms. The highest BCUT2D eigenvalue weighted by Gasteiger charge is 2.52. The van der Waals surface area contributed by atoms with Crippen molar-refractivity contribution in [1.82, 2.24) is 10.6 Å². The molecule has 1 fully saturated rings. The van der Waals surface area contributed by atoms with E-state index in [4.69, 9.17) is 4.74 Å². The van der Waals surface area contributed by atoms with Crippen molar-refractivity contribution in [2.24, 2.45) is 11.3 Å². The van der Waals surface area contributed by atoms with Gasteiger partial charge in [0.15, 0.2) is 0 Å². The van der Waals surface area contributed by atoms with Crippen LogP contribution in [0.3, 0.4) is 0 Å². The van der Waals surface area contributed by atoms with Crippen molar-refractivity contribution in [3.8, 4) is 0 Å². The number of ether oxygens (including phenoxy) is 1. The van der Waals surface area contributed by atoms with Crippen LogP contribution in [0.25, 0.3) is 0 Å². The van der Waals surface area contributed by atoms with Crippen LogP contribution in [0.2, 0.25) is 0 Å². The zero-order valence-electron chi connectivity index (χ0n) is 19.0. The predicted octanol–water partition coefficient (Wildman–Crippen LogP) is 3.95. The molecule has 0 aromatic rings. The highest BCUT2D eigenvalue weighted by molar-refractivity contribution is 5.87. The number of halogens is 6. The third-order valence-corrected chi connectivity index (χ3v) is 6.77. The van der Waals surface area contributed by atoms with Gasteiger partial charge >= 0.3 is 12.4 Å². The van der Waals surface area contributed by atoms with Crippen LogP contribution in [0.4, 0.5) is 26.3 Å². The second-order valence-electron chi connectivity index (χ2n) is 9.71. The SMILES string of the molecule is CC(C)(O)C1(C(=O)NCC2=CC(C(F)(F)F)=CC(C(F)(F)F)C2)C=CC(NC2CCOCC2)C1.